The van der Waals surface area contributed by atoms with Crippen LogP contribution < -0.4 is 5.32 Å². The Kier molecular flexibility index (Phi) is 3.80. The fraction of sp³-hybridized carbons (Fsp3) is 0.556. The zero-order valence-corrected chi connectivity index (χ0v) is 8.00. The van der Waals surface area contributed by atoms with E-state index in [4.69, 9.17) is 14.7 Å². The van der Waals surface area contributed by atoms with Crippen molar-refractivity contribution in [1.82, 2.24) is 5.32 Å². The van der Waals surface area contributed by atoms with Crippen LogP contribution in [0.5, 0.6) is 0 Å². The lowest BCUT2D eigenvalue weighted by molar-refractivity contribution is -0.138. The second kappa shape index (κ2) is 5.12. The van der Waals surface area contributed by atoms with E-state index < -0.39 is 5.97 Å². The predicted molar refractivity (Wildman–Crippen MR) is 47.8 cm³/mol. The van der Waals surface area contributed by atoms with Gasteiger partial charge in [0.25, 0.3) is 0 Å². The van der Waals surface area contributed by atoms with E-state index in [1.165, 1.54) is 0 Å². The molecule has 1 saturated heterocycles. The lowest BCUT2D eigenvalue weighted by Crippen LogP contribution is -2.28. The SMILES string of the molecule is CCOC(=O)/C(C#N)=C1\NCCCO1. The first-order valence-electron chi connectivity index (χ1n) is 4.47. The maximum Gasteiger partial charge on any atom is 0.354 e. The van der Waals surface area contributed by atoms with Gasteiger partial charge in [0.2, 0.25) is 5.88 Å². The Morgan fingerprint density at radius 3 is 3.07 bits per heavy atom. The van der Waals surface area contributed by atoms with Crippen LogP contribution in [0.1, 0.15) is 13.3 Å². The highest BCUT2D eigenvalue weighted by Crippen LogP contribution is 2.09. The third-order valence-corrected chi connectivity index (χ3v) is 1.67. The molecule has 0 aliphatic carbocycles. The number of nitrogens with one attached hydrogen (secondary N) is 1. The molecule has 0 spiro atoms. The van der Waals surface area contributed by atoms with Crippen molar-refractivity contribution in [2.24, 2.45) is 0 Å². The van der Waals surface area contributed by atoms with Crippen molar-refractivity contribution in [3.05, 3.63) is 11.5 Å². The van der Waals surface area contributed by atoms with Crippen LogP contribution in [0.15, 0.2) is 11.5 Å². The van der Waals surface area contributed by atoms with E-state index in [1.54, 1.807) is 13.0 Å². The molecule has 0 atom stereocenters. The quantitative estimate of drug-likeness (QED) is 0.390. The lowest BCUT2D eigenvalue weighted by atomic mass is 10.3. The Bertz CT molecular complexity index is 283. The van der Waals surface area contributed by atoms with Crippen LogP contribution in [0.25, 0.3) is 0 Å². The molecule has 14 heavy (non-hydrogen) atoms. The van der Waals surface area contributed by atoms with Crippen molar-refractivity contribution in [3.8, 4) is 6.07 Å². The highest BCUT2D eigenvalue weighted by Gasteiger charge is 2.19. The monoisotopic (exact) mass is 196 g/mol. The highest BCUT2D eigenvalue weighted by atomic mass is 16.5. The summed E-state index contributed by atoms with van der Waals surface area (Å²) in [5.41, 5.74) is -0.0912. The molecule has 0 bridgehead atoms. The van der Waals surface area contributed by atoms with Crippen LogP contribution in [0.4, 0.5) is 0 Å². The third kappa shape index (κ3) is 2.39. The first-order chi connectivity index (χ1) is 6.79. The third-order valence-electron chi connectivity index (χ3n) is 1.67. The van der Waals surface area contributed by atoms with Gasteiger partial charge in [-0.1, -0.05) is 0 Å². The molecule has 1 aliphatic heterocycles. The Hall–Kier alpha value is -1.70. The molecule has 0 aromatic carbocycles. The van der Waals surface area contributed by atoms with Crippen molar-refractivity contribution in [2.75, 3.05) is 19.8 Å². The van der Waals surface area contributed by atoms with E-state index in [-0.39, 0.29) is 18.1 Å². The molecule has 0 radical (unpaired) electrons. The smallest absolute Gasteiger partial charge is 0.354 e. The number of rotatable bonds is 2. The number of nitrogens with zero attached hydrogens (tertiary/aromatic N) is 1. The molecule has 5 heteroatoms. The minimum absolute atomic E-state index is 0.0912. The van der Waals surface area contributed by atoms with Crippen LogP contribution in [0, 0.1) is 11.3 Å². The van der Waals surface area contributed by atoms with E-state index in [1.807, 2.05) is 0 Å². The zero-order valence-electron chi connectivity index (χ0n) is 8.00. The first-order valence-corrected chi connectivity index (χ1v) is 4.47. The molecule has 76 valence electrons. The number of carbonyl (C=O) groups is 1. The van der Waals surface area contributed by atoms with Crippen LogP contribution in [-0.4, -0.2) is 25.7 Å². The number of hydrogen-bond donors (Lipinski definition) is 1. The van der Waals surface area contributed by atoms with E-state index in [9.17, 15) is 4.79 Å². The number of esters is 1. The topological polar surface area (TPSA) is 71.4 Å². The van der Waals surface area contributed by atoms with Crippen molar-refractivity contribution >= 4 is 5.97 Å². The minimum Gasteiger partial charge on any atom is -0.478 e. The van der Waals surface area contributed by atoms with Gasteiger partial charge in [-0.05, 0) is 13.3 Å². The largest absolute Gasteiger partial charge is 0.478 e. The van der Waals surface area contributed by atoms with Crippen LogP contribution in [0.2, 0.25) is 0 Å². The molecule has 1 heterocycles. The molecular weight excluding hydrogens is 184 g/mol. The molecule has 5 nitrogen and oxygen atoms in total. The van der Waals surface area contributed by atoms with Gasteiger partial charge in [-0.25, -0.2) is 4.79 Å². The Morgan fingerprint density at radius 1 is 1.79 bits per heavy atom. The molecular formula is C9H12N2O3. The highest BCUT2D eigenvalue weighted by molar-refractivity contribution is 5.93. The number of nitriles is 1. The second-order valence-electron chi connectivity index (χ2n) is 2.67. The van der Waals surface area contributed by atoms with Gasteiger partial charge in [0.15, 0.2) is 5.57 Å². The zero-order chi connectivity index (χ0) is 10.4. The lowest BCUT2D eigenvalue weighted by Gasteiger charge is -2.18. The second-order valence-corrected chi connectivity index (χ2v) is 2.67. The van der Waals surface area contributed by atoms with Gasteiger partial charge in [0.1, 0.15) is 6.07 Å². The molecule has 1 N–H and O–H groups in total. The van der Waals surface area contributed by atoms with Crippen LogP contribution >= 0.6 is 0 Å². The Morgan fingerprint density at radius 2 is 2.57 bits per heavy atom. The molecule has 1 rings (SSSR count). The van der Waals surface area contributed by atoms with E-state index in [2.05, 4.69) is 5.32 Å². The molecule has 1 fully saturated rings. The van der Waals surface area contributed by atoms with Crippen molar-refractivity contribution in [3.63, 3.8) is 0 Å². The van der Waals surface area contributed by atoms with Gasteiger partial charge in [0.05, 0.1) is 13.2 Å². The van der Waals surface area contributed by atoms with Gasteiger partial charge in [-0.15, -0.1) is 0 Å². The van der Waals surface area contributed by atoms with E-state index in [0.29, 0.717) is 13.2 Å². The summed E-state index contributed by atoms with van der Waals surface area (Å²) in [5.74, 6) is -0.406. The summed E-state index contributed by atoms with van der Waals surface area (Å²) < 4.78 is 9.85. The summed E-state index contributed by atoms with van der Waals surface area (Å²) in [5, 5.41) is 11.6. The van der Waals surface area contributed by atoms with E-state index >= 15 is 0 Å². The summed E-state index contributed by atoms with van der Waals surface area (Å²) in [4.78, 5) is 11.3. The van der Waals surface area contributed by atoms with Gasteiger partial charge in [-0.2, -0.15) is 5.26 Å². The summed E-state index contributed by atoms with van der Waals surface area (Å²) in [6, 6.07) is 1.77. The van der Waals surface area contributed by atoms with Crippen molar-refractivity contribution in [1.29, 1.82) is 5.26 Å². The van der Waals surface area contributed by atoms with Gasteiger partial charge < -0.3 is 14.8 Å². The first kappa shape index (κ1) is 10.4. The van der Waals surface area contributed by atoms with Gasteiger partial charge in [-0.3, -0.25) is 0 Å². The summed E-state index contributed by atoms with van der Waals surface area (Å²) in [6.07, 6.45) is 0.866. The average molecular weight is 196 g/mol. The number of ether oxygens (including phenoxy) is 2. The normalized spacial score (nSPS) is 18.6. The van der Waals surface area contributed by atoms with Crippen LogP contribution in [-0.2, 0) is 14.3 Å². The minimum atomic E-state index is -0.639. The fourth-order valence-electron chi connectivity index (χ4n) is 1.05. The molecule has 0 unspecified atom stereocenters. The number of hydrogen-bond acceptors (Lipinski definition) is 5. The molecule has 0 saturated carbocycles. The summed E-state index contributed by atoms with van der Waals surface area (Å²) >= 11 is 0. The van der Waals surface area contributed by atoms with Crippen molar-refractivity contribution in [2.45, 2.75) is 13.3 Å². The van der Waals surface area contributed by atoms with Crippen LogP contribution in [0.3, 0.4) is 0 Å². The summed E-state index contributed by atoms with van der Waals surface area (Å²) in [6.45, 7) is 3.16. The van der Waals surface area contributed by atoms with E-state index in [0.717, 1.165) is 6.42 Å². The number of carbonyl (C=O) groups excluding carboxylic acids is 1. The van der Waals surface area contributed by atoms with Crippen molar-refractivity contribution < 1.29 is 14.3 Å². The maximum atomic E-state index is 11.3. The van der Waals surface area contributed by atoms with Gasteiger partial charge >= 0.3 is 5.97 Å². The molecule has 0 amide bonds. The maximum absolute atomic E-state index is 11.3. The predicted octanol–water partition coefficient (Wildman–Crippen LogP) is 0.295. The molecule has 0 aromatic heterocycles. The summed E-state index contributed by atoms with van der Waals surface area (Å²) in [7, 11) is 0. The Balaban J connectivity index is 2.77. The fourth-order valence-corrected chi connectivity index (χ4v) is 1.05. The average Bonchev–Trinajstić information content (AvgIpc) is 2.21. The Labute approximate surface area is 82.3 Å². The standard InChI is InChI=1S/C9H12N2O3/c1-2-13-9(12)7(6-10)8-11-4-3-5-14-8/h11H,2-5H2,1H3/b8-7+. The molecule has 0 aromatic rings. The van der Waals surface area contributed by atoms with Gasteiger partial charge in [0, 0.05) is 6.54 Å². The molecule has 1 aliphatic rings.